The number of esters is 1. The molecule has 0 N–H and O–H groups in total. The van der Waals surface area contributed by atoms with E-state index < -0.39 is 12.8 Å². The summed E-state index contributed by atoms with van der Waals surface area (Å²) in [5, 5.41) is 0.158. The lowest BCUT2D eigenvalue weighted by atomic mass is 9.96. The van der Waals surface area contributed by atoms with Gasteiger partial charge in [0.15, 0.2) is 6.61 Å². The molecule has 3 rings (SSSR count). The Morgan fingerprint density at radius 3 is 2.47 bits per heavy atom. The van der Waals surface area contributed by atoms with Crippen LogP contribution < -0.4 is 4.74 Å². The van der Waals surface area contributed by atoms with Gasteiger partial charge in [-0.25, -0.2) is 0 Å². The fourth-order valence-corrected chi connectivity index (χ4v) is 4.18. The molecular formula is C25H28ClF3O3. The van der Waals surface area contributed by atoms with Crippen molar-refractivity contribution in [3.63, 3.8) is 0 Å². The Labute approximate surface area is 191 Å². The van der Waals surface area contributed by atoms with Gasteiger partial charge in [0, 0.05) is 12.0 Å². The molecule has 0 heterocycles. The van der Waals surface area contributed by atoms with E-state index in [0.29, 0.717) is 36.8 Å². The molecule has 0 radical (unpaired) electrons. The normalized spacial score (nSPS) is 18.0. The third-order valence-electron chi connectivity index (χ3n) is 5.71. The Morgan fingerprint density at radius 1 is 1.19 bits per heavy atom. The fourth-order valence-electron chi connectivity index (χ4n) is 3.90. The number of carbonyl (C=O) groups excluding carboxylic acids is 1. The average Bonchev–Trinajstić information content (AvgIpc) is 3.50. The molecule has 174 valence electrons. The second-order valence-electron chi connectivity index (χ2n) is 8.51. The lowest BCUT2D eigenvalue weighted by molar-refractivity contribution is -0.153. The van der Waals surface area contributed by atoms with Gasteiger partial charge in [-0.05, 0) is 66.3 Å². The summed E-state index contributed by atoms with van der Waals surface area (Å²) in [6, 6.07) is 11.3. The molecule has 2 aromatic rings. The van der Waals surface area contributed by atoms with Crippen molar-refractivity contribution in [2.24, 2.45) is 5.92 Å². The van der Waals surface area contributed by atoms with E-state index in [-0.39, 0.29) is 22.7 Å². The first-order valence-electron chi connectivity index (χ1n) is 10.9. The smallest absolute Gasteiger partial charge is 0.422 e. The summed E-state index contributed by atoms with van der Waals surface area (Å²) in [5.41, 5.74) is 3.38. The average molecular weight is 469 g/mol. The number of carbonyl (C=O) groups is 1. The molecule has 2 aromatic carbocycles. The molecule has 1 saturated carbocycles. The van der Waals surface area contributed by atoms with Crippen molar-refractivity contribution in [2.45, 2.75) is 58.0 Å². The minimum Gasteiger partial charge on any atom is -0.482 e. The van der Waals surface area contributed by atoms with E-state index in [4.69, 9.17) is 21.1 Å². The predicted octanol–water partition coefficient (Wildman–Crippen LogP) is 7.52. The quantitative estimate of drug-likeness (QED) is 0.357. The maximum Gasteiger partial charge on any atom is 0.422 e. The van der Waals surface area contributed by atoms with Gasteiger partial charge in [0.25, 0.3) is 0 Å². The number of benzene rings is 2. The van der Waals surface area contributed by atoms with Crippen LogP contribution in [0.2, 0.25) is 5.02 Å². The molecule has 7 heteroatoms. The first kappa shape index (κ1) is 24.4. The van der Waals surface area contributed by atoms with Crippen LogP contribution in [-0.2, 0) is 9.53 Å². The van der Waals surface area contributed by atoms with Crippen LogP contribution in [0.5, 0.6) is 5.75 Å². The van der Waals surface area contributed by atoms with E-state index in [2.05, 4.69) is 13.8 Å². The van der Waals surface area contributed by atoms with Gasteiger partial charge in [0.2, 0.25) is 0 Å². The van der Waals surface area contributed by atoms with E-state index in [1.54, 1.807) is 13.0 Å². The predicted molar refractivity (Wildman–Crippen MR) is 119 cm³/mol. The number of hydrogen-bond donors (Lipinski definition) is 0. The topological polar surface area (TPSA) is 35.5 Å². The SMILES string of the molecule is CCOC(=O)CCC1CC1c1cc(Cl)c(OCC(F)(F)F)c(-c2ccc(C(C)C)cc2)c1. The van der Waals surface area contributed by atoms with Gasteiger partial charge in [-0.3, -0.25) is 4.79 Å². The molecule has 3 nitrogen and oxygen atoms in total. The van der Waals surface area contributed by atoms with Gasteiger partial charge < -0.3 is 9.47 Å². The van der Waals surface area contributed by atoms with Crippen molar-refractivity contribution >= 4 is 17.6 Å². The van der Waals surface area contributed by atoms with Crippen molar-refractivity contribution in [3.8, 4) is 16.9 Å². The second kappa shape index (κ2) is 10.2. The van der Waals surface area contributed by atoms with Gasteiger partial charge in [0.1, 0.15) is 5.75 Å². The van der Waals surface area contributed by atoms with E-state index >= 15 is 0 Å². The number of ether oxygens (including phenoxy) is 2. The Kier molecular flexibility index (Phi) is 7.75. The largest absolute Gasteiger partial charge is 0.482 e. The standard InChI is InChI=1S/C25H28ClF3O3/c1-4-31-23(30)10-9-18-11-20(18)19-12-21(17-7-5-16(6-8-17)15(2)3)24(22(26)13-19)32-14-25(27,28)29/h5-8,12-13,15,18,20H,4,9-11,14H2,1-3H3. The summed E-state index contributed by atoms with van der Waals surface area (Å²) in [6.45, 7) is 4.88. The summed E-state index contributed by atoms with van der Waals surface area (Å²) in [5.74, 6) is 0.708. The van der Waals surface area contributed by atoms with Crippen LogP contribution in [0.25, 0.3) is 11.1 Å². The highest BCUT2D eigenvalue weighted by Crippen LogP contribution is 2.52. The summed E-state index contributed by atoms with van der Waals surface area (Å²) in [4.78, 5) is 11.6. The van der Waals surface area contributed by atoms with Gasteiger partial charge in [-0.2, -0.15) is 13.2 Å². The van der Waals surface area contributed by atoms with Crippen LogP contribution in [0, 0.1) is 5.92 Å². The van der Waals surface area contributed by atoms with Crippen LogP contribution in [-0.4, -0.2) is 25.4 Å². The molecule has 2 unspecified atom stereocenters. The zero-order chi connectivity index (χ0) is 23.5. The molecule has 1 fully saturated rings. The van der Waals surface area contributed by atoms with Crippen LogP contribution >= 0.6 is 11.6 Å². The first-order valence-corrected chi connectivity index (χ1v) is 11.3. The molecule has 2 atom stereocenters. The van der Waals surface area contributed by atoms with Gasteiger partial charge in [-0.15, -0.1) is 0 Å². The zero-order valence-electron chi connectivity index (χ0n) is 18.5. The van der Waals surface area contributed by atoms with Crippen molar-refractivity contribution < 1.29 is 27.4 Å². The summed E-state index contributed by atoms with van der Waals surface area (Å²) in [6.07, 6.45) is -2.48. The lowest BCUT2D eigenvalue weighted by Crippen LogP contribution is -2.19. The molecule has 1 aliphatic rings. The Balaban J connectivity index is 1.87. The summed E-state index contributed by atoms with van der Waals surface area (Å²) in [7, 11) is 0. The lowest BCUT2D eigenvalue weighted by Gasteiger charge is -2.17. The van der Waals surface area contributed by atoms with Crippen LogP contribution in [0.1, 0.15) is 63.0 Å². The highest BCUT2D eigenvalue weighted by Gasteiger charge is 2.39. The van der Waals surface area contributed by atoms with Crippen LogP contribution in [0.15, 0.2) is 36.4 Å². The summed E-state index contributed by atoms with van der Waals surface area (Å²) < 4.78 is 48.6. The zero-order valence-corrected chi connectivity index (χ0v) is 19.2. The highest BCUT2D eigenvalue weighted by atomic mass is 35.5. The third kappa shape index (κ3) is 6.41. The third-order valence-corrected chi connectivity index (χ3v) is 5.99. The van der Waals surface area contributed by atoms with Crippen molar-refractivity contribution in [3.05, 3.63) is 52.5 Å². The maximum atomic E-state index is 12.8. The van der Waals surface area contributed by atoms with Crippen molar-refractivity contribution in [2.75, 3.05) is 13.2 Å². The monoisotopic (exact) mass is 468 g/mol. The number of halogens is 4. The van der Waals surface area contributed by atoms with E-state index in [9.17, 15) is 18.0 Å². The molecule has 0 aromatic heterocycles. The molecule has 1 aliphatic carbocycles. The minimum absolute atomic E-state index is 0.0359. The molecule has 0 amide bonds. The number of alkyl halides is 3. The summed E-state index contributed by atoms with van der Waals surface area (Å²) >= 11 is 6.42. The molecule has 0 spiro atoms. The molecule has 0 bridgehead atoms. The second-order valence-corrected chi connectivity index (χ2v) is 8.91. The molecule has 32 heavy (non-hydrogen) atoms. The van der Waals surface area contributed by atoms with Gasteiger partial charge in [-0.1, -0.05) is 49.7 Å². The van der Waals surface area contributed by atoms with Gasteiger partial charge >= 0.3 is 12.1 Å². The Hall–Kier alpha value is -2.21. The van der Waals surface area contributed by atoms with Crippen molar-refractivity contribution in [1.82, 2.24) is 0 Å². The minimum atomic E-state index is -4.46. The highest BCUT2D eigenvalue weighted by molar-refractivity contribution is 6.32. The fraction of sp³-hybridized carbons (Fsp3) is 0.480. The van der Waals surface area contributed by atoms with E-state index in [1.807, 2.05) is 30.3 Å². The number of rotatable bonds is 9. The first-order chi connectivity index (χ1) is 15.1. The number of hydrogen-bond acceptors (Lipinski definition) is 3. The van der Waals surface area contributed by atoms with E-state index in [1.165, 1.54) is 0 Å². The Morgan fingerprint density at radius 2 is 1.88 bits per heavy atom. The van der Waals surface area contributed by atoms with Crippen LogP contribution in [0.3, 0.4) is 0 Å². The maximum absolute atomic E-state index is 12.8. The van der Waals surface area contributed by atoms with Gasteiger partial charge in [0.05, 0.1) is 11.6 Å². The molecule has 0 aliphatic heterocycles. The Bertz CT molecular complexity index is 939. The molecule has 0 saturated heterocycles. The molecular weight excluding hydrogens is 441 g/mol. The van der Waals surface area contributed by atoms with Crippen LogP contribution in [0.4, 0.5) is 13.2 Å². The van der Waals surface area contributed by atoms with E-state index in [0.717, 1.165) is 23.1 Å². The van der Waals surface area contributed by atoms with Crippen molar-refractivity contribution in [1.29, 1.82) is 0 Å².